The molecule has 0 bridgehead atoms. The van der Waals surface area contributed by atoms with Crippen molar-refractivity contribution in [2.75, 3.05) is 6.61 Å². The first-order valence-electron chi connectivity index (χ1n) is 6.91. The van der Waals surface area contributed by atoms with Crippen LogP contribution in [-0.2, 0) is 0 Å². The molecule has 0 aliphatic carbocycles. The maximum Gasteiger partial charge on any atom is 0.224 e. The minimum atomic E-state index is 0.639. The fourth-order valence-corrected chi connectivity index (χ4v) is 2.08. The Bertz CT molecular complexity index is 673. The van der Waals surface area contributed by atoms with Crippen molar-refractivity contribution < 1.29 is 4.74 Å². The van der Waals surface area contributed by atoms with Gasteiger partial charge in [-0.05, 0) is 30.7 Å². The quantitative estimate of drug-likeness (QED) is 0.715. The summed E-state index contributed by atoms with van der Waals surface area (Å²) in [6.07, 6.45) is 3.87. The lowest BCUT2D eigenvalue weighted by Crippen LogP contribution is -2.00. The molecule has 0 fully saturated rings. The van der Waals surface area contributed by atoms with E-state index in [0.29, 0.717) is 12.5 Å². The van der Waals surface area contributed by atoms with Gasteiger partial charge in [0, 0.05) is 6.20 Å². The van der Waals surface area contributed by atoms with Gasteiger partial charge in [0.2, 0.25) is 5.88 Å². The standard InChI is InChI=1S/C16H17N3O/c1-2-3-11-20-16-12(7-6-10-17-16)15-18-13-8-4-5-9-14(13)19-15/h4-10H,2-3,11H2,1H3,(H,18,19). The van der Waals surface area contributed by atoms with Crippen LogP contribution in [0.4, 0.5) is 0 Å². The fourth-order valence-electron chi connectivity index (χ4n) is 2.08. The van der Waals surface area contributed by atoms with Crippen LogP contribution < -0.4 is 4.74 Å². The summed E-state index contributed by atoms with van der Waals surface area (Å²) in [5.41, 5.74) is 2.87. The highest BCUT2D eigenvalue weighted by Gasteiger charge is 2.11. The van der Waals surface area contributed by atoms with Crippen LogP contribution in [0.3, 0.4) is 0 Å². The molecule has 0 amide bonds. The molecule has 0 saturated heterocycles. The van der Waals surface area contributed by atoms with E-state index in [9.17, 15) is 0 Å². The highest BCUT2D eigenvalue weighted by molar-refractivity contribution is 5.80. The van der Waals surface area contributed by atoms with Gasteiger partial charge < -0.3 is 9.72 Å². The third-order valence-corrected chi connectivity index (χ3v) is 3.15. The van der Waals surface area contributed by atoms with Crippen LogP contribution in [0.2, 0.25) is 0 Å². The van der Waals surface area contributed by atoms with E-state index in [0.717, 1.165) is 35.3 Å². The molecule has 2 heterocycles. The minimum Gasteiger partial charge on any atom is -0.477 e. The van der Waals surface area contributed by atoms with Crippen molar-refractivity contribution in [3.05, 3.63) is 42.6 Å². The Morgan fingerprint density at radius 3 is 2.90 bits per heavy atom. The van der Waals surface area contributed by atoms with Crippen LogP contribution in [0.25, 0.3) is 22.4 Å². The highest BCUT2D eigenvalue weighted by atomic mass is 16.5. The first-order chi connectivity index (χ1) is 9.88. The molecule has 0 saturated carbocycles. The number of aromatic nitrogens is 3. The second kappa shape index (κ2) is 5.74. The Balaban J connectivity index is 1.96. The number of H-pyrrole nitrogens is 1. The molecule has 0 aliphatic rings. The van der Waals surface area contributed by atoms with Gasteiger partial charge in [-0.1, -0.05) is 25.5 Å². The number of fused-ring (bicyclic) bond motifs is 1. The first-order valence-corrected chi connectivity index (χ1v) is 6.91. The third kappa shape index (κ3) is 2.50. The normalized spacial score (nSPS) is 10.8. The van der Waals surface area contributed by atoms with E-state index in [1.807, 2.05) is 36.4 Å². The lowest BCUT2D eigenvalue weighted by molar-refractivity contribution is 0.299. The summed E-state index contributed by atoms with van der Waals surface area (Å²) >= 11 is 0. The van der Waals surface area contributed by atoms with Gasteiger partial charge in [0.1, 0.15) is 5.82 Å². The van der Waals surface area contributed by atoms with Crippen LogP contribution in [-0.4, -0.2) is 21.6 Å². The van der Waals surface area contributed by atoms with Crippen molar-refractivity contribution in [3.8, 4) is 17.3 Å². The molecule has 0 atom stereocenters. The summed E-state index contributed by atoms with van der Waals surface area (Å²) < 4.78 is 5.76. The predicted octanol–water partition coefficient (Wildman–Crippen LogP) is 3.80. The molecule has 1 aromatic carbocycles. The SMILES string of the molecule is CCCCOc1ncccc1-c1nc2ccccc2[nH]1. The van der Waals surface area contributed by atoms with E-state index in [2.05, 4.69) is 21.9 Å². The van der Waals surface area contributed by atoms with E-state index in [4.69, 9.17) is 4.74 Å². The molecule has 3 rings (SSSR count). The van der Waals surface area contributed by atoms with Crippen molar-refractivity contribution in [1.82, 2.24) is 15.0 Å². The van der Waals surface area contributed by atoms with Crippen molar-refractivity contribution in [2.24, 2.45) is 0 Å². The molecule has 102 valence electrons. The summed E-state index contributed by atoms with van der Waals surface area (Å²) in [6, 6.07) is 11.9. The van der Waals surface area contributed by atoms with Crippen molar-refractivity contribution in [2.45, 2.75) is 19.8 Å². The molecule has 4 nitrogen and oxygen atoms in total. The number of hydrogen-bond acceptors (Lipinski definition) is 3. The zero-order valence-corrected chi connectivity index (χ0v) is 11.5. The topological polar surface area (TPSA) is 50.8 Å². The Morgan fingerprint density at radius 2 is 2.05 bits per heavy atom. The van der Waals surface area contributed by atoms with Gasteiger partial charge in [-0.2, -0.15) is 0 Å². The number of rotatable bonds is 5. The van der Waals surface area contributed by atoms with Crippen LogP contribution in [0.1, 0.15) is 19.8 Å². The maximum atomic E-state index is 5.76. The highest BCUT2D eigenvalue weighted by Crippen LogP contribution is 2.27. The van der Waals surface area contributed by atoms with Gasteiger partial charge >= 0.3 is 0 Å². The molecule has 0 radical (unpaired) electrons. The van der Waals surface area contributed by atoms with Crippen molar-refractivity contribution >= 4 is 11.0 Å². The molecule has 20 heavy (non-hydrogen) atoms. The summed E-state index contributed by atoms with van der Waals surface area (Å²) in [6.45, 7) is 2.82. The number of aromatic amines is 1. The van der Waals surface area contributed by atoms with Gasteiger partial charge in [-0.15, -0.1) is 0 Å². The van der Waals surface area contributed by atoms with Gasteiger partial charge in [0.05, 0.1) is 23.2 Å². The number of imidazole rings is 1. The van der Waals surface area contributed by atoms with E-state index in [1.54, 1.807) is 6.20 Å². The van der Waals surface area contributed by atoms with Crippen LogP contribution in [0.5, 0.6) is 5.88 Å². The van der Waals surface area contributed by atoms with Crippen molar-refractivity contribution in [1.29, 1.82) is 0 Å². The molecule has 2 aromatic heterocycles. The first kappa shape index (κ1) is 12.7. The molecule has 0 unspecified atom stereocenters. The number of pyridine rings is 1. The molecule has 4 heteroatoms. The fraction of sp³-hybridized carbons (Fsp3) is 0.250. The number of hydrogen-bond donors (Lipinski definition) is 1. The number of ether oxygens (including phenoxy) is 1. The summed E-state index contributed by atoms with van der Waals surface area (Å²) in [7, 11) is 0. The molecular formula is C16H17N3O. The number of nitrogens with zero attached hydrogens (tertiary/aromatic N) is 2. The van der Waals surface area contributed by atoms with E-state index in [1.165, 1.54) is 0 Å². The number of nitrogens with one attached hydrogen (secondary N) is 1. The Kier molecular flexibility index (Phi) is 3.63. The molecule has 1 N–H and O–H groups in total. The van der Waals surface area contributed by atoms with E-state index < -0.39 is 0 Å². The second-order valence-corrected chi connectivity index (χ2v) is 4.66. The molecule has 0 aliphatic heterocycles. The van der Waals surface area contributed by atoms with Crippen molar-refractivity contribution in [3.63, 3.8) is 0 Å². The Hall–Kier alpha value is -2.36. The van der Waals surface area contributed by atoms with Crippen LogP contribution in [0, 0.1) is 0 Å². The maximum absolute atomic E-state index is 5.76. The predicted molar refractivity (Wildman–Crippen MR) is 79.7 cm³/mol. The Morgan fingerprint density at radius 1 is 1.15 bits per heavy atom. The Labute approximate surface area is 117 Å². The molecule has 3 aromatic rings. The van der Waals surface area contributed by atoms with Crippen LogP contribution >= 0.6 is 0 Å². The smallest absolute Gasteiger partial charge is 0.224 e. The number of unbranched alkanes of at least 4 members (excludes halogenated alkanes) is 1. The van der Waals surface area contributed by atoms with Gasteiger partial charge in [0.15, 0.2) is 0 Å². The largest absolute Gasteiger partial charge is 0.477 e. The average molecular weight is 267 g/mol. The lowest BCUT2D eigenvalue weighted by Gasteiger charge is -2.07. The number of benzene rings is 1. The van der Waals surface area contributed by atoms with E-state index in [-0.39, 0.29) is 0 Å². The zero-order chi connectivity index (χ0) is 13.8. The molecular weight excluding hydrogens is 250 g/mol. The van der Waals surface area contributed by atoms with Gasteiger partial charge in [-0.25, -0.2) is 9.97 Å². The summed E-state index contributed by atoms with van der Waals surface area (Å²) in [4.78, 5) is 12.2. The zero-order valence-electron chi connectivity index (χ0n) is 11.5. The third-order valence-electron chi connectivity index (χ3n) is 3.15. The van der Waals surface area contributed by atoms with Gasteiger partial charge in [-0.3, -0.25) is 0 Å². The minimum absolute atomic E-state index is 0.639. The summed E-state index contributed by atoms with van der Waals surface area (Å²) in [5, 5.41) is 0. The average Bonchev–Trinajstić information content (AvgIpc) is 2.92. The second-order valence-electron chi connectivity index (χ2n) is 4.66. The lowest BCUT2D eigenvalue weighted by atomic mass is 10.2. The monoisotopic (exact) mass is 267 g/mol. The molecule has 0 spiro atoms. The summed E-state index contributed by atoms with van der Waals surface area (Å²) in [5.74, 6) is 1.44. The van der Waals surface area contributed by atoms with E-state index >= 15 is 0 Å². The van der Waals surface area contributed by atoms with Gasteiger partial charge in [0.25, 0.3) is 0 Å². The van der Waals surface area contributed by atoms with Crippen LogP contribution in [0.15, 0.2) is 42.6 Å². The number of para-hydroxylation sites is 2.